The highest BCUT2D eigenvalue weighted by atomic mass is 19.1. The molecular weight excluding hydrogens is 387 g/mol. The van der Waals surface area contributed by atoms with Crippen LogP contribution >= 0.6 is 0 Å². The topological polar surface area (TPSA) is 73.7 Å². The van der Waals surface area contributed by atoms with Gasteiger partial charge in [0.25, 0.3) is 0 Å². The van der Waals surface area contributed by atoms with Crippen LogP contribution in [0.15, 0.2) is 48.9 Å². The van der Waals surface area contributed by atoms with Gasteiger partial charge in [-0.1, -0.05) is 6.07 Å². The summed E-state index contributed by atoms with van der Waals surface area (Å²) in [5.74, 6) is 2.23. The van der Waals surface area contributed by atoms with Gasteiger partial charge in [0.05, 0.1) is 12.8 Å². The van der Waals surface area contributed by atoms with Crippen LogP contribution in [0.1, 0.15) is 41.6 Å². The maximum absolute atomic E-state index is 14.7. The fourth-order valence-electron chi connectivity index (χ4n) is 4.20. The predicted octanol–water partition coefficient (Wildman–Crippen LogP) is 4.33. The van der Waals surface area contributed by atoms with Gasteiger partial charge < -0.3 is 19.3 Å². The largest absolute Gasteiger partial charge is 0.493 e. The zero-order valence-electron chi connectivity index (χ0n) is 16.3. The van der Waals surface area contributed by atoms with Gasteiger partial charge in [-0.05, 0) is 37.5 Å². The van der Waals surface area contributed by atoms with E-state index in [1.54, 1.807) is 18.5 Å². The van der Waals surface area contributed by atoms with E-state index in [4.69, 9.17) is 14.2 Å². The summed E-state index contributed by atoms with van der Waals surface area (Å²) >= 11 is 0. The summed E-state index contributed by atoms with van der Waals surface area (Å²) in [7, 11) is 0. The molecule has 154 valence electrons. The maximum Gasteiger partial charge on any atom is 0.237 e. The number of aromatic nitrogens is 2. The van der Waals surface area contributed by atoms with Gasteiger partial charge >= 0.3 is 0 Å². The third-order valence-corrected chi connectivity index (χ3v) is 5.61. The fraction of sp³-hybridized carbons (Fsp3) is 0.304. The smallest absolute Gasteiger partial charge is 0.237 e. The van der Waals surface area contributed by atoms with Crippen molar-refractivity contribution in [2.75, 3.05) is 13.2 Å². The van der Waals surface area contributed by atoms with Gasteiger partial charge in [-0.3, -0.25) is 4.98 Å². The Balaban J connectivity index is 1.38. The number of fused-ring (bicyclic) bond motifs is 2. The highest BCUT2D eigenvalue weighted by molar-refractivity contribution is 5.48. The molecule has 1 aromatic heterocycles. The van der Waals surface area contributed by atoms with E-state index in [2.05, 4.69) is 9.97 Å². The molecular formula is C23H21FN2O4. The minimum atomic E-state index is -0.405. The van der Waals surface area contributed by atoms with E-state index in [1.807, 2.05) is 18.2 Å². The molecule has 0 spiro atoms. The van der Waals surface area contributed by atoms with Gasteiger partial charge in [-0.15, -0.1) is 0 Å². The molecule has 1 aliphatic heterocycles. The molecule has 0 saturated heterocycles. The number of aliphatic hydroxyl groups is 1. The van der Waals surface area contributed by atoms with Gasteiger partial charge in [-0.2, -0.15) is 0 Å². The van der Waals surface area contributed by atoms with Crippen LogP contribution in [0.5, 0.6) is 23.1 Å². The third kappa shape index (κ3) is 3.45. The number of ether oxygens (including phenoxy) is 3. The van der Waals surface area contributed by atoms with Crippen LogP contribution in [0.2, 0.25) is 0 Å². The highest BCUT2D eigenvalue weighted by Gasteiger charge is 2.31. The number of aliphatic hydroxyl groups excluding tert-OH is 1. The molecule has 1 N–H and O–H groups in total. The standard InChI is InChI=1S/C23H21FN2O4/c24-18-4-6-19(30-22-12-25-8-9-26-22)17-3-5-20(23(17)18)29-15-1-2-16-14(7-10-27)13-28-21(16)11-15/h1-2,4,6,8-9,11-12,14,20,27H,3,5,7,10,13H2. The average Bonchev–Trinajstić information content (AvgIpc) is 3.36. The molecule has 2 aliphatic rings. The number of hydrogen-bond acceptors (Lipinski definition) is 6. The minimum absolute atomic E-state index is 0.128. The van der Waals surface area contributed by atoms with Crippen molar-refractivity contribution in [3.8, 4) is 23.1 Å². The first-order valence-corrected chi connectivity index (χ1v) is 10.0. The van der Waals surface area contributed by atoms with Gasteiger partial charge in [0.1, 0.15) is 29.2 Å². The maximum atomic E-state index is 14.7. The zero-order chi connectivity index (χ0) is 20.5. The van der Waals surface area contributed by atoms with Crippen LogP contribution in [0.3, 0.4) is 0 Å². The molecule has 5 rings (SSSR count). The van der Waals surface area contributed by atoms with E-state index in [0.717, 1.165) is 16.9 Å². The Bertz CT molecular complexity index is 1060. The molecule has 0 saturated carbocycles. The first-order chi connectivity index (χ1) is 14.7. The molecule has 2 unspecified atom stereocenters. The second-order valence-corrected chi connectivity index (χ2v) is 7.45. The van der Waals surface area contributed by atoms with Crippen LogP contribution < -0.4 is 14.2 Å². The van der Waals surface area contributed by atoms with Crippen molar-refractivity contribution >= 4 is 0 Å². The third-order valence-electron chi connectivity index (χ3n) is 5.61. The van der Waals surface area contributed by atoms with E-state index in [1.165, 1.54) is 12.3 Å². The summed E-state index contributed by atoms with van der Waals surface area (Å²) in [4.78, 5) is 8.12. The Hall–Kier alpha value is -3.19. The summed E-state index contributed by atoms with van der Waals surface area (Å²) in [6.45, 7) is 0.687. The van der Waals surface area contributed by atoms with Crippen LogP contribution in [0, 0.1) is 5.82 Å². The Morgan fingerprint density at radius 2 is 2.13 bits per heavy atom. The first-order valence-electron chi connectivity index (χ1n) is 10.0. The quantitative estimate of drug-likeness (QED) is 0.654. The Labute approximate surface area is 173 Å². The monoisotopic (exact) mass is 408 g/mol. The van der Waals surface area contributed by atoms with Gasteiger partial charge in [0.15, 0.2) is 0 Å². The van der Waals surface area contributed by atoms with Crippen LogP contribution in [-0.2, 0) is 6.42 Å². The lowest BCUT2D eigenvalue weighted by Gasteiger charge is -2.17. The van der Waals surface area contributed by atoms with Crippen LogP contribution in [0.25, 0.3) is 0 Å². The Morgan fingerprint density at radius 3 is 2.97 bits per heavy atom. The fourth-order valence-corrected chi connectivity index (χ4v) is 4.20. The Kier molecular flexibility index (Phi) is 4.96. The summed E-state index contributed by atoms with van der Waals surface area (Å²) in [6, 6.07) is 8.72. The number of halogens is 1. The lowest BCUT2D eigenvalue weighted by Crippen LogP contribution is -2.06. The molecule has 2 heterocycles. The molecule has 0 amide bonds. The van der Waals surface area contributed by atoms with Gasteiger partial charge in [0.2, 0.25) is 5.88 Å². The highest BCUT2D eigenvalue weighted by Crippen LogP contribution is 2.44. The molecule has 30 heavy (non-hydrogen) atoms. The molecule has 3 aromatic rings. The SMILES string of the molecule is OCCC1COc2cc(OC3CCc4c(Oc5cnccn5)ccc(F)c43)ccc21. The van der Waals surface area contributed by atoms with Crippen molar-refractivity contribution in [1.82, 2.24) is 9.97 Å². The predicted molar refractivity (Wildman–Crippen MR) is 107 cm³/mol. The second kappa shape index (κ2) is 7.91. The van der Waals surface area contributed by atoms with E-state index in [0.29, 0.717) is 48.8 Å². The van der Waals surface area contributed by atoms with Crippen molar-refractivity contribution in [3.05, 3.63) is 71.4 Å². The minimum Gasteiger partial charge on any atom is -0.493 e. The number of rotatable bonds is 6. The van der Waals surface area contributed by atoms with Gasteiger partial charge in [-0.25, -0.2) is 9.37 Å². The molecule has 2 atom stereocenters. The van der Waals surface area contributed by atoms with E-state index < -0.39 is 6.10 Å². The van der Waals surface area contributed by atoms with Crippen molar-refractivity contribution in [2.45, 2.75) is 31.3 Å². The lowest BCUT2D eigenvalue weighted by molar-refractivity contribution is 0.202. The molecule has 2 aromatic carbocycles. The van der Waals surface area contributed by atoms with Gasteiger partial charge in [0, 0.05) is 47.7 Å². The lowest BCUT2D eigenvalue weighted by atomic mass is 9.98. The van der Waals surface area contributed by atoms with Crippen molar-refractivity contribution in [1.29, 1.82) is 0 Å². The molecule has 0 radical (unpaired) electrons. The van der Waals surface area contributed by atoms with Crippen molar-refractivity contribution < 1.29 is 23.7 Å². The van der Waals surface area contributed by atoms with E-state index in [9.17, 15) is 9.50 Å². The second-order valence-electron chi connectivity index (χ2n) is 7.45. The summed E-state index contributed by atoms with van der Waals surface area (Å²) < 4.78 is 32.4. The normalized spacial score (nSPS) is 19.1. The molecule has 6 nitrogen and oxygen atoms in total. The summed E-state index contributed by atoms with van der Waals surface area (Å²) in [5.41, 5.74) is 2.40. The summed E-state index contributed by atoms with van der Waals surface area (Å²) in [5, 5.41) is 9.20. The Morgan fingerprint density at radius 1 is 1.20 bits per heavy atom. The molecule has 1 aliphatic carbocycles. The van der Waals surface area contributed by atoms with E-state index in [-0.39, 0.29) is 18.3 Å². The number of nitrogens with zero attached hydrogens (tertiary/aromatic N) is 2. The van der Waals surface area contributed by atoms with Crippen LogP contribution in [0.4, 0.5) is 4.39 Å². The van der Waals surface area contributed by atoms with Crippen LogP contribution in [-0.4, -0.2) is 28.3 Å². The molecule has 0 bridgehead atoms. The number of benzene rings is 2. The van der Waals surface area contributed by atoms with Crippen molar-refractivity contribution in [2.24, 2.45) is 0 Å². The molecule has 7 heteroatoms. The molecule has 0 fully saturated rings. The first kappa shape index (κ1) is 18.8. The number of hydrogen-bond donors (Lipinski definition) is 1. The van der Waals surface area contributed by atoms with Crippen molar-refractivity contribution in [3.63, 3.8) is 0 Å². The zero-order valence-corrected chi connectivity index (χ0v) is 16.3. The van der Waals surface area contributed by atoms with E-state index >= 15 is 0 Å². The average molecular weight is 408 g/mol. The summed E-state index contributed by atoms with van der Waals surface area (Å²) in [6.07, 6.45) is 6.20.